The van der Waals surface area contributed by atoms with E-state index < -0.39 is 11.7 Å². The number of carbonyl (C=O) groups excluding carboxylic acids is 1. The van der Waals surface area contributed by atoms with Crippen LogP contribution in [-0.4, -0.2) is 40.0 Å². The number of anilines is 2. The summed E-state index contributed by atoms with van der Waals surface area (Å²) < 4.78 is 13.9. The van der Waals surface area contributed by atoms with Gasteiger partial charge >= 0.3 is 0 Å². The van der Waals surface area contributed by atoms with Gasteiger partial charge in [0.05, 0.1) is 23.6 Å². The number of hydrogen-bond acceptors (Lipinski definition) is 6. The van der Waals surface area contributed by atoms with Crippen molar-refractivity contribution >= 4 is 28.3 Å². The minimum atomic E-state index is -0.453. The summed E-state index contributed by atoms with van der Waals surface area (Å²) in [5.41, 5.74) is 7.65. The number of amides is 1. The van der Waals surface area contributed by atoms with Crippen LogP contribution >= 0.6 is 0 Å². The standard InChI is InChI=1S/C23H25FN6O/c24-16-11-15-3-2-8-26-21(15)17(12-16)29-22(31)18-13-28-20(14-27-18)30-9-6-23(7-10-30)5-1-4-19(23)25/h2-3,8,11-14,19H,1,4-7,9-10,25H2,(H,29,31). The molecule has 3 N–H and O–H groups in total. The van der Waals surface area contributed by atoms with Gasteiger partial charge in [-0.3, -0.25) is 9.78 Å². The first kappa shape index (κ1) is 19.8. The van der Waals surface area contributed by atoms with E-state index >= 15 is 0 Å². The van der Waals surface area contributed by atoms with Crippen molar-refractivity contribution in [2.45, 2.75) is 38.1 Å². The van der Waals surface area contributed by atoms with Crippen molar-refractivity contribution < 1.29 is 9.18 Å². The predicted octanol–water partition coefficient (Wildman–Crippen LogP) is 3.51. The zero-order chi connectivity index (χ0) is 21.4. The summed E-state index contributed by atoms with van der Waals surface area (Å²) in [4.78, 5) is 27.9. The molecular formula is C23H25FN6O. The fourth-order valence-corrected chi connectivity index (χ4v) is 5.01. The molecule has 1 unspecified atom stereocenters. The number of halogens is 1. The summed E-state index contributed by atoms with van der Waals surface area (Å²) >= 11 is 0. The molecule has 2 fully saturated rings. The van der Waals surface area contributed by atoms with Crippen LogP contribution in [0.15, 0.2) is 42.9 Å². The van der Waals surface area contributed by atoms with Gasteiger partial charge in [-0.2, -0.15) is 0 Å². The van der Waals surface area contributed by atoms with Crippen molar-refractivity contribution in [2.24, 2.45) is 11.1 Å². The summed E-state index contributed by atoms with van der Waals surface area (Å²) in [6.07, 6.45) is 10.4. The SMILES string of the molecule is NC1CCCC12CCN(c1cnc(C(=O)Nc3cc(F)cc4cccnc34)cn1)CC2. The van der Waals surface area contributed by atoms with Crippen molar-refractivity contribution in [1.29, 1.82) is 0 Å². The molecule has 2 aromatic heterocycles. The third-order valence-corrected chi connectivity index (χ3v) is 6.85. The lowest BCUT2D eigenvalue weighted by molar-refractivity contribution is 0.102. The Morgan fingerprint density at radius 1 is 1.16 bits per heavy atom. The zero-order valence-electron chi connectivity index (χ0n) is 17.2. The molecule has 7 nitrogen and oxygen atoms in total. The molecule has 1 saturated heterocycles. The lowest BCUT2D eigenvalue weighted by atomic mass is 9.74. The second-order valence-corrected chi connectivity index (χ2v) is 8.59. The Morgan fingerprint density at radius 3 is 2.71 bits per heavy atom. The molecule has 5 rings (SSSR count). The van der Waals surface area contributed by atoms with E-state index in [1.165, 1.54) is 31.2 Å². The minimum Gasteiger partial charge on any atom is -0.355 e. The Bertz CT molecular complexity index is 1110. The molecule has 8 heteroatoms. The maximum absolute atomic E-state index is 13.9. The van der Waals surface area contributed by atoms with E-state index in [1.807, 2.05) is 0 Å². The molecule has 1 atom stereocenters. The molecule has 1 amide bonds. The molecule has 1 spiro atoms. The van der Waals surface area contributed by atoms with Crippen LogP contribution in [0.3, 0.4) is 0 Å². The molecule has 3 heterocycles. The fraction of sp³-hybridized carbons (Fsp3) is 0.391. The minimum absolute atomic E-state index is 0.170. The van der Waals surface area contributed by atoms with Gasteiger partial charge in [0.15, 0.2) is 0 Å². The predicted molar refractivity (Wildman–Crippen MR) is 117 cm³/mol. The highest BCUT2D eigenvalue weighted by Crippen LogP contribution is 2.45. The van der Waals surface area contributed by atoms with Crippen molar-refractivity contribution in [3.05, 3.63) is 54.4 Å². The monoisotopic (exact) mass is 420 g/mol. The molecule has 160 valence electrons. The van der Waals surface area contributed by atoms with E-state index in [1.54, 1.807) is 24.5 Å². The average molecular weight is 420 g/mol. The van der Waals surface area contributed by atoms with Gasteiger partial charge in [0, 0.05) is 30.7 Å². The number of nitrogens with one attached hydrogen (secondary N) is 1. The number of piperidine rings is 1. The fourth-order valence-electron chi connectivity index (χ4n) is 5.01. The largest absolute Gasteiger partial charge is 0.355 e. The average Bonchev–Trinajstić information content (AvgIpc) is 3.13. The summed E-state index contributed by atoms with van der Waals surface area (Å²) in [5.74, 6) is -0.135. The molecule has 2 aliphatic rings. The van der Waals surface area contributed by atoms with Gasteiger partial charge in [-0.1, -0.05) is 12.5 Å². The lowest BCUT2D eigenvalue weighted by Crippen LogP contribution is -2.47. The summed E-state index contributed by atoms with van der Waals surface area (Å²) in [7, 11) is 0. The van der Waals surface area contributed by atoms with Gasteiger partial charge in [-0.05, 0) is 49.3 Å². The highest BCUT2D eigenvalue weighted by Gasteiger charge is 2.43. The zero-order valence-corrected chi connectivity index (χ0v) is 17.2. The van der Waals surface area contributed by atoms with Crippen LogP contribution in [0.4, 0.5) is 15.9 Å². The first-order valence-corrected chi connectivity index (χ1v) is 10.7. The van der Waals surface area contributed by atoms with Crippen molar-refractivity contribution in [3.63, 3.8) is 0 Å². The number of pyridine rings is 1. The molecule has 1 aromatic carbocycles. The van der Waals surface area contributed by atoms with Gasteiger partial charge in [0.2, 0.25) is 0 Å². The Labute approximate surface area is 179 Å². The Balaban J connectivity index is 1.28. The number of nitrogens with two attached hydrogens (primary N) is 1. The van der Waals surface area contributed by atoms with Crippen molar-refractivity contribution in [1.82, 2.24) is 15.0 Å². The van der Waals surface area contributed by atoms with Gasteiger partial charge in [-0.25, -0.2) is 14.4 Å². The maximum Gasteiger partial charge on any atom is 0.275 e. The number of rotatable bonds is 3. The van der Waals surface area contributed by atoms with Gasteiger partial charge < -0.3 is 16.0 Å². The smallest absolute Gasteiger partial charge is 0.275 e. The molecule has 1 aliphatic carbocycles. The number of aromatic nitrogens is 3. The van der Waals surface area contributed by atoms with Crippen molar-refractivity contribution in [3.8, 4) is 0 Å². The van der Waals surface area contributed by atoms with Crippen LogP contribution in [0.1, 0.15) is 42.6 Å². The van der Waals surface area contributed by atoms with E-state index in [4.69, 9.17) is 5.73 Å². The van der Waals surface area contributed by atoms with E-state index in [-0.39, 0.29) is 11.1 Å². The van der Waals surface area contributed by atoms with E-state index in [0.29, 0.717) is 22.6 Å². The van der Waals surface area contributed by atoms with Gasteiger partial charge in [0.1, 0.15) is 17.3 Å². The normalized spacial score (nSPS) is 20.3. The summed E-state index contributed by atoms with van der Waals surface area (Å²) in [6, 6.07) is 6.41. The van der Waals surface area contributed by atoms with Crippen LogP contribution in [0, 0.1) is 11.2 Å². The third kappa shape index (κ3) is 3.72. The summed E-state index contributed by atoms with van der Waals surface area (Å²) in [5, 5.41) is 3.32. The van der Waals surface area contributed by atoms with E-state index in [9.17, 15) is 9.18 Å². The number of hydrogen-bond donors (Lipinski definition) is 2. The molecule has 0 radical (unpaired) electrons. The summed E-state index contributed by atoms with van der Waals surface area (Å²) in [6.45, 7) is 1.80. The Morgan fingerprint density at radius 2 is 2.00 bits per heavy atom. The maximum atomic E-state index is 13.9. The van der Waals surface area contributed by atoms with E-state index in [0.717, 1.165) is 38.2 Å². The van der Waals surface area contributed by atoms with Crippen LogP contribution in [0.2, 0.25) is 0 Å². The van der Waals surface area contributed by atoms with E-state index in [2.05, 4.69) is 25.2 Å². The number of carbonyl (C=O) groups is 1. The first-order valence-electron chi connectivity index (χ1n) is 10.7. The Kier molecular flexibility index (Phi) is 5.02. The van der Waals surface area contributed by atoms with Crippen LogP contribution in [0.25, 0.3) is 10.9 Å². The van der Waals surface area contributed by atoms with Gasteiger partial charge in [-0.15, -0.1) is 0 Å². The molecule has 31 heavy (non-hydrogen) atoms. The second-order valence-electron chi connectivity index (χ2n) is 8.59. The van der Waals surface area contributed by atoms with Gasteiger partial charge in [0.25, 0.3) is 5.91 Å². The highest BCUT2D eigenvalue weighted by molar-refractivity contribution is 6.07. The van der Waals surface area contributed by atoms with Crippen LogP contribution in [-0.2, 0) is 0 Å². The third-order valence-electron chi connectivity index (χ3n) is 6.85. The van der Waals surface area contributed by atoms with Crippen molar-refractivity contribution in [2.75, 3.05) is 23.3 Å². The Hall–Kier alpha value is -3.13. The lowest BCUT2D eigenvalue weighted by Gasteiger charge is -2.42. The quantitative estimate of drug-likeness (QED) is 0.673. The topological polar surface area (TPSA) is 97.0 Å². The first-order chi connectivity index (χ1) is 15.0. The second kappa shape index (κ2) is 7.85. The number of nitrogens with zero attached hydrogens (tertiary/aromatic N) is 4. The highest BCUT2D eigenvalue weighted by atomic mass is 19.1. The molecule has 0 bridgehead atoms. The molecular weight excluding hydrogens is 395 g/mol. The number of fused-ring (bicyclic) bond motifs is 1. The molecule has 3 aromatic rings. The number of benzene rings is 1. The van der Waals surface area contributed by atoms with Crippen LogP contribution in [0.5, 0.6) is 0 Å². The van der Waals surface area contributed by atoms with Crippen LogP contribution < -0.4 is 16.0 Å². The molecule has 1 saturated carbocycles. The molecule has 1 aliphatic heterocycles.